The Morgan fingerprint density at radius 2 is 0.982 bits per heavy atom. The van der Waals surface area contributed by atoms with Gasteiger partial charge in [0.25, 0.3) is 0 Å². The average Bonchev–Trinajstić information content (AvgIpc) is 3.26. The van der Waals surface area contributed by atoms with Crippen LogP contribution in [0, 0.1) is 0 Å². The van der Waals surface area contributed by atoms with E-state index in [0.717, 1.165) is 11.4 Å². The minimum Gasteiger partial charge on any atom is -0.310 e. The van der Waals surface area contributed by atoms with Crippen LogP contribution in [0.1, 0.15) is 25.0 Å². The first-order valence-electron chi connectivity index (χ1n) is 19.6. The first-order valence-corrected chi connectivity index (χ1v) is 19.6. The first-order chi connectivity index (χ1) is 27.5. The highest BCUT2D eigenvalue weighted by Gasteiger charge is 2.36. The molecular weight excluding hydrogens is 675 g/mol. The molecule has 11 rings (SSSR count). The molecule has 1 aliphatic rings. The zero-order chi connectivity index (χ0) is 37.4. The summed E-state index contributed by atoms with van der Waals surface area (Å²) in [5.41, 5.74) is 13.4. The Bertz CT molecular complexity index is 3150. The fourth-order valence-electron chi connectivity index (χ4n) is 9.43. The molecule has 0 fully saturated rings. The SMILES string of the molecule is CC1(C)c2ccc(-c3cc4ccccc4c4ccccc34)cc2-c2c(N(c3ccc(-c4ccccc4)cc3)c3ccc4ccccc4c3)ccc3cccc1c23. The highest BCUT2D eigenvalue weighted by molar-refractivity contribution is 6.15. The van der Waals surface area contributed by atoms with Gasteiger partial charge in [-0.3, -0.25) is 0 Å². The molecule has 0 atom stereocenters. The summed E-state index contributed by atoms with van der Waals surface area (Å²) in [5, 5.41) is 10.2. The lowest BCUT2D eigenvalue weighted by Crippen LogP contribution is -2.24. The predicted molar refractivity (Wildman–Crippen MR) is 240 cm³/mol. The van der Waals surface area contributed by atoms with Gasteiger partial charge in [0.05, 0.1) is 5.69 Å². The van der Waals surface area contributed by atoms with Gasteiger partial charge >= 0.3 is 0 Å². The van der Waals surface area contributed by atoms with E-state index in [1.165, 1.54) is 93.3 Å². The maximum atomic E-state index is 2.49. The average molecular weight is 714 g/mol. The number of rotatable bonds is 5. The van der Waals surface area contributed by atoms with Crippen LogP contribution >= 0.6 is 0 Å². The van der Waals surface area contributed by atoms with Crippen molar-refractivity contribution in [1.82, 2.24) is 0 Å². The second kappa shape index (κ2) is 12.5. The highest BCUT2D eigenvalue weighted by Crippen LogP contribution is 2.55. The Morgan fingerprint density at radius 1 is 0.357 bits per heavy atom. The van der Waals surface area contributed by atoms with E-state index in [-0.39, 0.29) is 5.41 Å². The number of fused-ring (bicyclic) bond motifs is 6. The van der Waals surface area contributed by atoms with Crippen molar-refractivity contribution < 1.29 is 0 Å². The molecule has 10 aromatic carbocycles. The summed E-state index contributed by atoms with van der Waals surface area (Å²) in [4.78, 5) is 2.48. The van der Waals surface area contributed by atoms with Crippen LogP contribution in [-0.2, 0) is 5.41 Å². The topological polar surface area (TPSA) is 3.24 Å². The first kappa shape index (κ1) is 32.5. The highest BCUT2D eigenvalue weighted by atomic mass is 15.1. The Balaban J connectivity index is 1.20. The molecular formula is C55H39N. The molecule has 0 bridgehead atoms. The molecule has 0 spiro atoms. The molecule has 0 saturated carbocycles. The third-order valence-corrected chi connectivity index (χ3v) is 12.2. The van der Waals surface area contributed by atoms with Crippen LogP contribution in [-0.4, -0.2) is 0 Å². The molecule has 0 heterocycles. The molecule has 1 nitrogen and oxygen atoms in total. The zero-order valence-corrected chi connectivity index (χ0v) is 31.5. The molecule has 0 aromatic heterocycles. The van der Waals surface area contributed by atoms with Gasteiger partial charge in [-0.1, -0.05) is 172 Å². The van der Waals surface area contributed by atoms with E-state index in [1.807, 2.05) is 0 Å². The Morgan fingerprint density at radius 3 is 1.80 bits per heavy atom. The minimum atomic E-state index is -0.199. The lowest BCUT2D eigenvalue weighted by molar-refractivity contribution is 0.645. The summed E-state index contributed by atoms with van der Waals surface area (Å²) >= 11 is 0. The van der Waals surface area contributed by atoms with Crippen molar-refractivity contribution in [2.45, 2.75) is 19.3 Å². The molecule has 0 aliphatic heterocycles. The summed E-state index contributed by atoms with van der Waals surface area (Å²) in [5.74, 6) is 0. The standard InChI is InChI=1S/C55H39N/c1-55(2)50-31-26-42(48-34-41-17-8-9-19-45(41)46-20-10-11-21-47(46)48)35-49(50)54-52(32-27-39-18-12-22-51(55)53(39)54)56(44-30-25-37-15-6-7-16-40(37)33-44)43-28-23-38(24-29-43)36-13-4-3-5-14-36/h3-35H,1-2H3. The summed E-state index contributed by atoms with van der Waals surface area (Å²) in [7, 11) is 0. The summed E-state index contributed by atoms with van der Waals surface area (Å²) in [6.07, 6.45) is 0. The van der Waals surface area contributed by atoms with E-state index in [1.54, 1.807) is 0 Å². The monoisotopic (exact) mass is 713 g/mol. The predicted octanol–water partition coefficient (Wildman–Crippen LogP) is 15.4. The number of benzene rings is 10. The molecule has 10 aromatic rings. The second-order valence-electron chi connectivity index (χ2n) is 15.7. The van der Waals surface area contributed by atoms with Crippen LogP contribution in [0.15, 0.2) is 200 Å². The van der Waals surface area contributed by atoms with Crippen LogP contribution in [0.4, 0.5) is 17.1 Å². The zero-order valence-electron chi connectivity index (χ0n) is 31.5. The molecule has 0 unspecified atom stereocenters. The van der Waals surface area contributed by atoms with E-state index in [9.17, 15) is 0 Å². The molecule has 264 valence electrons. The van der Waals surface area contributed by atoms with Gasteiger partial charge in [0, 0.05) is 22.4 Å². The number of hydrogen-bond acceptors (Lipinski definition) is 1. The molecule has 0 N–H and O–H groups in total. The van der Waals surface area contributed by atoms with Crippen molar-refractivity contribution in [1.29, 1.82) is 0 Å². The van der Waals surface area contributed by atoms with Gasteiger partial charge in [0.1, 0.15) is 0 Å². The van der Waals surface area contributed by atoms with E-state index >= 15 is 0 Å². The molecule has 56 heavy (non-hydrogen) atoms. The van der Waals surface area contributed by atoms with E-state index in [4.69, 9.17) is 0 Å². The Kier molecular flexibility index (Phi) is 7.28. The van der Waals surface area contributed by atoms with E-state index in [2.05, 4.69) is 219 Å². The van der Waals surface area contributed by atoms with E-state index < -0.39 is 0 Å². The number of nitrogens with zero attached hydrogens (tertiary/aromatic N) is 1. The summed E-state index contributed by atoms with van der Waals surface area (Å²) in [6.45, 7) is 4.79. The molecule has 1 aliphatic carbocycles. The maximum Gasteiger partial charge on any atom is 0.0546 e. The van der Waals surface area contributed by atoms with Gasteiger partial charge in [0.15, 0.2) is 0 Å². The number of hydrogen-bond donors (Lipinski definition) is 0. The van der Waals surface area contributed by atoms with Gasteiger partial charge < -0.3 is 4.90 Å². The van der Waals surface area contributed by atoms with Crippen molar-refractivity contribution in [3.8, 4) is 33.4 Å². The molecule has 0 radical (unpaired) electrons. The van der Waals surface area contributed by atoms with Crippen LogP contribution in [0.5, 0.6) is 0 Å². The Hall–Kier alpha value is -6.96. The van der Waals surface area contributed by atoms with Crippen LogP contribution in [0.2, 0.25) is 0 Å². The summed E-state index contributed by atoms with van der Waals surface area (Å²) in [6, 6.07) is 74.1. The van der Waals surface area contributed by atoms with E-state index in [0.29, 0.717) is 0 Å². The van der Waals surface area contributed by atoms with Crippen molar-refractivity contribution in [2.75, 3.05) is 4.90 Å². The lowest BCUT2D eigenvalue weighted by atomic mass is 9.67. The normalized spacial score (nSPS) is 13.0. The smallest absolute Gasteiger partial charge is 0.0546 e. The second-order valence-corrected chi connectivity index (χ2v) is 15.7. The van der Waals surface area contributed by atoms with Crippen LogP contribution in [0.25, 0.3) is 76.5 Å². The van der Waals surface area contributed by atoms with Gasteiger partial charge in [-0.05, 0) is 124 Å². The van der Waals surface area contributed by atoms with Gasteiger partial charge in [-0.25, -0.2) is 0 Å². The van der Waals surface area contributed by atoms with Crippen LogP contribution in [0.3, 0.4) is 0 Å². The van der Waals surface area contributed by atoms with Gasteiger partial charge in [0.2, 0.25) is 0 Å². The molecule has 0 amide bonds. The maximum absolute atomic E-state index is 2.49. The molecule has 0 saturated heterocycles. The number of anilines is 3. The van der Waals surface area contributed by atoms with Crippen molar-refractivity contribution >= 4 is 60.2 Å². The minimum absolute atomic E-state index is 0.199. The van der Waals surface area contributed by atoms with Crippen molar-refractivity contribution in [3.63, 3.8) is 0 Å². The van der Waals surface area contributed by atoms with Crippen molar-refractivity contribution in [2.24, 2.45) is 0 Å². The van der Waals surface area contributed by atoms with Gasteiger partial charge in [-0.15, -0.1) is 0 Å². The fraction of sp³-hybridized carbons (Fsp3) is 0.0545. The third kappa shape index (κ3) is 5.01. The van der Waals surface area contributed by atoms with Crippen molar-refractivity contribution in [3.05, 3.63) is 211 Å². The lowest BCUT2D eigenvalue weighted by Gasteiger charge is -2.38. The third-order valence-electron chi connectivity index (χ3n) is 12.2. The quantitative estimate of drug-likeness (QED) is 0.161. The largest absolute Gasteiger partial charge is 0.310 e. The Labute approximate surface area is 327 Å². The van der Waals surface area contributed by atoms with Crippen LogP contribution < -0.4 is 4.90 Å². The van der Waals surface area contributed by atoms with Gasteiger partial charge in [-0.2, -0.15) is 0 Å². The summed E-state index contributed by atoms with van der Waals surface area (Å²) < 4.78 is 0. The fourth-order valence-corrected chi connectivity index (χ4v) is 9.43. The molecule has 1 heteroatoms.